The quantitative estimate of drug-likeness (QED) is 0.494. The predicted octanol–water partition coefficient (Wildman–Crippen LogP) is -1.35. The first kappa shape index (κ1) is 9.78. The van der Waals surface area contributed by atoms with Crippen LogP contribution in [-0.2, 0) is 0 Å². The second-order valence-electron chi connectivity index (χ2n) is 3.30. The van der Waals surface area contributed by atoms with Crippen molar-refractivity contribution in [2.24, 2.45) is 5.92 Å². The summed E-state index contributed by atoms with van der Waals surface area (Å²) < 4.78 is 2.53. The zero-order valence-corrected chi connectivity index (χ0v) is 9.38. The molecule has 0 spiro atoms. The van der Waals surface area contributed by atoms with Gasteiger partial charge in [-0.3, -0.25) is 0 Å². The summed E-state index contributed by atoms with van der Waals surface area (Å²) in [5.41, 5.74) is 0. The van der Waals surface area contributed by atoms with Crippen molar-refractivity contribution in [3.63, 3.8) is 0 Å². The number of rotatable bonds is 4. The standard InChI is InChI=1S/C9H18IO/c1-2-5-10-9-4-3-8(6-9)7-11/h8-9,11H,2-7H2,1H3/q-1. The SMILES string of the molecule is CCC[I-]C1CCC(CO)C1. The number of hydrogen-bond acceptors (Lipinski definition) is 1. The summed E-state index contributed by atoms with van der Waals surface area (Å²) in [4.78, 5) is 0. The van der Waals surface area contributed by atoms with Crippen LogP contribution in [0.1, 0.15) is 32.6 Å². The molecule has 1 saturated carbocycles. The van der Waals surface area contributed by atoms with E-state index >= 15 is 0 Å². The Morgan fingerprint density at radius 1 is 1.45 bits per heavy atom. The number of aliphatic hydroxyl groups is 1. The topological polar surface area (TPSA) is 20.2 Å². The van der Waals surface area contributed by atoms with E-state index in [0.29, 0.717) is 33.7 Å². The van der Waals surface area contributed by atoms with Gasteiger partial charge in [-0.1, -0.05) is 0 Å². The number of halogens is 1. The summed E-state index contributed by atoms with van der Waals surface area (Å²) in [7, 11) is 0. The average molecular weight is 269 g/mol. The fourth-order valence-corrected chi connectivity index (χ4v) is 4.97. The predicted molar refractivity (Wildman–Crippen MR) is 43.4 cm³/mol. The Kier molecular flexibility index (Phi) is 4.76. The average Bonchev–Trinajstić information content (AvgIpc) is 2.48. The van der Waals surface area contributed by atoms with Crippen LogP contribution in [0.5, 0.6) is 0 Å². The van der Waals surface area contributed by atoms with Crippen LogP contribution in [0.25, 0.3) is 0 Å². The van der Waals surface area contributed by atoms with Gasteiger partial charge in [0.25, 0.3) is 0 Å². The van der Waals surface area contributed by atoms with Gasteiger partial charge in [-0.15, -0.1) is 0 Å². The Morgan fingerprint density at radius 3 is 2.82 bits per heavy atom. The van der Waals surface area contributed by atoms with Crippen LogP contribution < -0.4 is 21.2 Å². The minimum absolute atomic E-state index is 0.437. The second-order valence-corrected chi connectivity index (χ2v) is 7.02. The van der Waals surface area contributed by atoms with Gasteiger partial charge in [0.15, 0.2) is 0 Å². The van der Waals surface area contributed by atoms with Crippen LogP contribution in [0.2, 0.25) is 0 Å². The molecule has 0 amide bonds. The van der Waals surface area contributed by atoms with Crippen molar-refractivity contribution in [2.75, 3.05) is 11.0 Å². The van der Waals surface area contributed by atoms with Gasteiger partial charge in [0.1, 0.15) is 0 Å². The van der Waals surface area contributed by atoms with E-state index in [2.05, 4.69) is 6.92 Å². The van der Waals surface area contributed by atoms with E-state index in [1.807, 2.05) is 0 Å². The third kappa shape index (κ3) is 3.28. The van der Waals surface area contributed by atoms with Crippen molar-refractivity contribution in [3.8, 4) is 0 Å². The van der Waals surface area contributed by atoms with Gasteiger partial charge < -0.3 is 0 Å². The molecular weight excluding hydrogens is 251 g/mol. The van der Waals surface area contributed by atoms with Gasteiger partial charge >= 0.3 is 79.8 Å². The van der Waals surface area contributed by atoms with E-state index < -0.39 is 0 Å². The number of alkyl halides is 2. The maximum atomic E-state index is 8.92. The molecule has 1 nitrogen and oxygen atoms in total. The van der Waals surface area contributed by atoms with Gasteiger partial charge in [0.05, 0.1) is 0 Å². The van der Waals surface area contributed by atoms with Crippen molar-refractivity contribution >= 4 is 0 Å². The molecular formula is C9H18IO-. The summed E-state index contributed by atoms with van der Waals surface area (Å²) in [6.07, 6.45) is 5.42. The molecule has 0 heterocycles. The Bertz CT molecular complexity index is 106. The number of aliphatic hydroxyl groups excluding tert-OH is 1. The van der Waals surface area contributed by atoms with Crippen LogP contribution in [0.15, 0.2) is 0 Å². The Balaban J connectivity index is 2.09. The summed E-state index contributed by atoms with van der Waals surface area (Å²) in [6.45, 7) is 2.71. The van der Waals surface area contributed by atoms with E-state index in [4.69, 9.17) is 5.11 Å². The van der Waals surface area contributed by atoms with Crippen LogP contribution in [0.3, 0.4) is 0 Å². The molecule has 0 aliphatic heterocycles. The molecule has 0 aromatic heterocycles. The summed E-state index contributed by atoms with van der Waals surface area (Å²) >= 11 is 0.477. The van der Waals surface area contributed by atoms with Crippen molar-refractivity contribution in [2.45, 2.75) is 36.5 Å². The molecule has 1 fully saturated rings. The molecule has 0 bridgehead atoms. The van der Waals surface area contributed by atoms with Gasteiger partial charge in [-0.05, 0) is 0 Å². The van der Waals surface area contributed by atoms with Gasteiger partial charge in [-0.25, -0.2) is 0 Å². The normalized spacial score (nSPS) is 31.5. The first-order valence-electron chi connectivity index (χ1n) is 4.55. The van der Waals surface area contributed by atoms with E-state index in [1.165, 1.54) is 30.1 Å². The first-order chi connectivity index (χ1) is 5.36. The Morgan fingerprint density at radius 2 is 2.27 bits per heavy atom. The van der Waals surface area contributed by atoms with Crippen molar-refractivity contribution in [3.05, 3.63) is 0 Å². The minimum atomic E-state index is 0.437. The fraction of sp³-hybridized carbons (Fsp3) is 1.00. The molecule has 1 N–H and O–H groups in total. The zero-order chi connectivity index (χ0) is 8.10. The molecule has 68 valence electrons. The molecule has 2 atom stereocenters. The van der Waals surface area contributed by atoms with E-state index in [-0.39, 0.29) is 0 Å². The Hall–Kier alpha value is 0.690. The van der Waals surface area contributed by atoms with Gasteiger partial charge in [0.2, 0.25) is 0 Å². The molecule has 2 unspecified atom stereocenters. The molecule has 1 aliphatic rings. The monoisotopic (exact) mass is 269 g/mol. The summed E-state index contributed by atoms with van der Waals surface area (Å²) in [5, 5.41) is 8.92. The molecule has 0 aromatic carbocycles. The third-order valence-electron chi connectivity index (χ3n) is 2.25. The summed E-state index contributed by atoms with van der Waals surface area (Å²) in [5.74, 6) is 0.663. The molecule has 11 heavy (non-hydrogen) atoms. The number of hydrogen-bond donors (Lipinski definition) is 1. The van der Waals surface area contributed by atoms with Crippen LogP contribution in [0.4, 0.5) is 0 Å². The van der Waals surface area contributed by atoms with Crippen molar-refractivity contribution in [1.29, 1.82) is 0 Å². The molecule has 2 heteroatoms. The van der Waals surface area contributed by atoms with Crippen LogP contribution in [0, 0.1) is 5.92 Å². The maximum absolute atomic E-state index is 8.92. The Labute approximate surface area is 79.8 Å². The van der Waals surface area contributed by atoms with Gasteiger partial charge in [-0.2, -0.15) is 0 Å². The van der Waals surface area contributed by atoms with Crippen molar-refractivity contribution in [1.82, 2.24) is 0 Å². The molecule has 0 aromatic rings. The molecule has 1 rings (SSSR count). The van der Waals surface area contributed by atoms with E-state index in [0.717, 1.165) is 3.92 Å². The van der Waals surface area contributed by atoms with E-state index in [9.17, 15) is 0 Å². The second kappa shape index (κ2) is 5.36. The third-order valence-corrected chi connectivity index (χ3v) is 6.33. The molecule has 1 aliphatic carbocycles. The van der Waals surface area contributed by atoms with Crippen LogP contribution >= 0.6 is 0 Å². The van der Waals surface area contributed by atoms with E-state index in [1.54, 1.807) is 0 Å². The molecule has 0 radical (unpaired) electrons. The van der Waals surface area contributed by atoms with Gasteiger partial charge in [0, 0.05) is 0 Å². The molecule has 0 saturated heterocycles. The fourth-order valence-electron chi connectivity index (χ4n) is 1.58. The first-order valence-corrected chi connectivity index (χ1v) is 7.32. The van der Waals surface area contributed by atoms with Crippen molar-refractivity contribution < 1.29 is 26.3 Å². The summed E-state index contributed by atoms with van der Waals surface area (Å²) in [6, 6.07) is 0. The van der Waals surface area contributed by atoms with Crippen LogP contribution in [-0.4, -0.2) is 20.1 Å². The zero-order valence-electron chi connectivity index (χ0n) is 7.22.